The fraction of sp³-hybridized carbons (Fsp3) is 0.316. The number of aliphatic hydroxyl groups is 1. The molecule has 33 heavy (non-hydrogen) atoms. The molecule has 0 saturated heterocycles. The molecule has 0 atom stereocenters. The van der Waals surface area contributed by atoms with E-state index in [2.05, 4.69) is 0 Å². The fourth-order valence-electron chi connectivity index (χ4n) is 2.95. The van der Waals surface area contributed by atoms with Gasteiger partial charge in [-0.15, -0.1) is 0 Å². The maximum absolute atomic E-state index is 12.3. The summed E-state index contributed by atoms with van der Waals surface area (Å²) in [4.78, 5) is 42.8. The molecular formula is C19H19N3NaO10+. The summed E-state index contributed by atoms with van der Waals surface area (Å²) in [5, 5.41) is 41.1. The molecule has 170 valence electrons. The van der Waals surface area contributed by atoms with Crippen LogP contribution in [0.3, 0.4) is 0 Å². The zero-order chi connectivity index (χ0) is 23.8. The van der Waals surface area contributed by atoms with Crippen molar-refractivity contribution in [2.45, 2.75) is 6.92 Å². The number of carbonyl (C=O) groups is 1. The normalized spacial score (nSPS) is 10.9. The first kappa shape index (κ1) is 28.2. The fourth-order valence-corrected chi connectivity index (χ4v) is 2.95. The van der Waals surface area contributed by atoms with Gasteiger partial charge in [0.25, 0.3) is 17.1 Å². The van der Waals surface area contributed by atoms with Gasteiger partial charge in [-0.3, -0.25) is 35.1 Å². The second-order valence-corrected chi connectivity index (χ2v) is 6.25. The van der Waals surface area contributed by atoms with Gasteiger partial charge >= 0.3 is 29.6 Å². The van der Waals surface area contributed by atoms with E-state index in [-0.39, 0.29) is 64.1 Å². The molecule has 0 amide bonds. The summed E-state index contributed by atoms with van der Waals surface area (Å²) in [5.74, 6) is -0.717. The van der Waals surface area contributed by atoms with Crippen LogP contribution in [0.25, 0.3) is 11.1 Å². The zero-order valence-electron chi connectivity index (χ0n) is 17.9. The van der Waals surface area contributed by atoms with Gasteiger partial charge in [0.1, 0.15) is 0 Å². The summed E-state index contributed by atoms with van der Waals surface area (Å²) in [6, 6.07) is 5.06. The topological polar surface area (TPSA) is 185 Å². The van der Waals surface area contributed by atoms with E-state index in [1.165, 1.54) is 6.07 Å². The third kappa shape index (κ3) is 6.83. The van der Waals surface area contributed by atoms with Crippen LogP contribution in [-0.2, 0) is 9.47 Å². The van der Waals surface area contributed by atoms with Crippen LogP contribution in [0.2, 0.25) is 0 Å². The Bertz CT molecular complexity index is 1050. The number of carbonyl (C=O) groups excluding carboxylic acids is 1. The van der Waals surface area contributed by atoms with Crippen molar-refractivity contribution >= 4 is 22.8 Å². The predicted octanol–water partition coefficient (Wildman–Crippen LogP) is -0.342. The third-order valence-corrected chi connectivity index (χ3v) is 4.29. The summed E-state index contributed by atoms with van der Waals surface area (Å²) in [5.41, 5.74) is -1.73. The molecule has 0 aliphatic heterocycles. The molecule has 1 N–H and O–H groups in total. The van der Waals surface area contributed by atoms with Crippen molar-refractivity contribution in [1.82, 2.24) is 0 Å². The molecule has 0 saturated carbocycles. The summed E-state index contributed by atoms with van der Waals surface area (Å²) < 4.78 is 9.88. The first-order valence-electron chi connectivity index (χ1n) is 9.29. The second kappa shape index (κ2) is 13.0. The van der Waals surface area contributed by atoms with Crippen molar-refractivity contribution in [3.63, 3.8) is 0 Å². The van der Waals surface area contributed by atoms with Gasteiger partial charge in [0.2, 0.25) is 0 Å². The van der Waals surface area contributed by atoms with E-state index in [9.17, 15) is 35.1 Å². The van der Waals surface area contributed by atoms with Crippen LogP contribution in [0.1, 0.15) is 22.8 Å². The average Bonchev–Trinajstić information content (AvgIpc) is 3.05. The standard InChI is InChI=1S/C13H5N3O7.C6H14O3.Na/c17-13-9-3-6(14(18)19)1-2-8(9)12-10(13)4-7(15(20)21)5-11(12)16(22)23;1-2-8-5-6-9-4-3-7;/h1-5H;7H,2-6H2,1H3;/q;;+1. The van der Waals surface area contributed by atoms with Crippen LogP contribution in [-0.4, -0.2) is 58.7 Å². The summed E-state index contributed by atoms with van der Waals surface area (Å²) in [7, 11) is 0. The molecular weight excluding hydrogens is 453 g/mol. The van der Waals surface area contributed by atoms with Crippen LogP contribution in [0.5, 0.6) is 0 Å². The van der Waals surface area contributed by atoms with Crippen molar-refractivity contribution in [3.8, 4) is 11.1 Å². The van der Waals surface area contributed by atoms with Crippen LogP contribution in [0.15, 0.2) is 30.3 Å². The van der Waals surface area contributed by atoms with Gasteiger partial charge in [-0.1, -0.05) is 0 Å². The molecule has 0 bridgehead atoms. The Kier molecular flexibility index (Phi) is 11.1. The molecule has 13 nitrogen and oxygen atoms in total. The van der Waals surface area contributed by atoms with Crippen LogP contribution in [0, 0.1) is 30.3 Å². The number of ether oxygens (including phenoxy) is 2. The van der Waals surface area contributed by atoms with Crippen LogP contribution >= 0.6 is 0 Å². The molecule has 2 aromatic carbocycles. The van der Waals surface area contributed by atoms with E-state index >= 15 is 0 Å². The second-order valence-electron chi connectivity index (χ2n) is 6.25. The molecule has 0 radical (unpaired) electrons. The maximum Gasteiger partial charge on any atom is 1.00 e. The van der Waals surface area contributed by atoms with Crippen LogP contribution in [0.4, 0.5) is 17.1 Å². The number of nitro groups is 3. The smallest absolute Gasteiger partial charge is 0.394 e. The Morgan fingerprint density at radius 3 is 1.97 bits per heavy atom. The summed E-state index contributed by atoms with van der Waals surface area (Å²) in [6.07, 6.45) is 0. The number of nitro benzene ring substituents is 3. The van der Waals surface area contributed by atoms with Crippen LogP contribution < -0.4 is 29.6 Å². The monoisotopic (exact) mass is 472 g/mol. The Hall–Kier alpha value is -2.81. The number of benzene rings is 2. The number of fused-ring (bicyclic) bond motifs is 3. The van der Waals surface area contributed by atoms with E-state index in [4.69, 9.17) is 14.6 Å². The summed E-state index contributed by atoms with van der Waals surface area (Å²) >= 11 is 0. The van der Waals surface area contributed by atoms with E-state index < -0.39 is 31.9 Å². The SMILES string of the molecule is CCOCCOCCO.O=C1c2cc([N+](=O)[O-])ccc2-c2c1cc([N+](=O)[O-])cc2[N+](=O)[O-].[Na+]. The third-order valence-electron chi connectivity index (χ3n) is 4.29. The van der Waals surface area contributed by atoms with E-state index in [1.54, 1.807) is 0 Å². The van der Waals surface area contributed by atoms with Gasteiger partial charge < -0.3 is 14.6 Å². The molecule has 2 aromatic rings. The van der Waals surface area contributed by atoms with Gasteiger partial charge in [-0.05, 0) is 13.0 Å². The summed E-state index contributed by atoms with van der Waals surface area (Å²) in [6.45, 7) is 4.36. The molecule has 14 heteroatoms. The average molecular weight is 472 g/mol. The number of rotatable bonds is 9. The van der Waals surface area contributed by atoms with Crippen molar-refractivity contribution < 1.29 is 63.7 Å². The van der Waals surface area contributed by atoms with E-state index in [1.807, 2.05) is 6.92 Å². The van der Waals surface area contributed by atoms with Gasteiger partial charge in [-0.2, -0.15) is 0 Å². The quantitative estimate of drug-likeness (QED) is 0.187. The van der Waals surface area contributed by atoms with Crippen molar-refractivity contribution in [2.24, 2.45) is 0 Å². The Balaban J connectivity index is 0.000000467. The Morgan fingerprint density at radius 1 is 0.818 bits per heavy atom. The number of aliphatic hydroxyl groups excluding tert-OH is 1. The Labute approximate surface area is 209 Å². The maximum atomic E-state index is 12.3. The molecule has 0 spiro atoms. The van der Waals surface area contributed by atoms with E-state index in [0.29, 0.717) is 19.8 Å². The Morgan fingerprint density at radius 2 is 1.42 bits per heavy atom. The number of nitrogens with zero attached hydrogens (tertiary/aromatic N) is 3. The molecule has 3 rings (SSSR count). The zero-order valence-corrected chi connectivity index (χ0v) is 19.9. The van der Waals surface area contributed by atoms with E-state index in [0.717, 1.165) is 30.9 Å². The molecule has 0 unspecified atom stereocenters. The minimum Gasteiger partial charge on any atom is -0.394 e. The van der Waals surface area contributed by atoms with Crippen molar-refractivity contribution in [3.05, 3.63) is 71.8 Å². The van der Waals surface area contributed by atoms with Gasteiger partial charge in [0, 0.05) is 41.5 Å². The predicted molar refractivity (Wildman–Crippen MR) is 110 cm³/mol. The number of hydrogen-bond acceptors (Lipinski definition) is 10. The largest absolute Gasteiger partial charge is 1.00 e. The molecule has 0 heterocycles. The number of ketones is 1. The minimum atomic E-state index is -0.841. The number of hydrogen-bond donors (Lipinski definition) is 1. The molecule has 0 fully saturated rings. The molecule has 1 aliphatic carbocycles. The van der Waals surface area contributed by atoms with Gasteiger partial charge in [0.15, 0.2) is 5.78 Å². The molecule has 0 aromatic heterocycles. The first-order chi connectivity index (χ1) is 15.2. The molecule has 1 aliphatic rings. The van der Waals surface area contributed by atoms with Crippen molar-refractivity contribution in [2.75, 3.05) is 33.0 Å². The minimum absolute atomic E-state index is 0. The van der Waals surface area contributed by atoms with Crippen molar-refractivity contribution in [1.29, 1.82) is 0 Å². The van der Waals surface area contributed by atoms with Gasteiger partial charge in [-0.25, -0.2) is 0 Å². The first-order valence-corrected chi connectivity index (χ1v) is 9.29. The number of non-ortho nitro benzene ring substituents is 2. The van der Waals surface area contributed by atoms with Gasteiger partial charge in [0.05, 0.1) is 52.8 Å².